The van der Waals surface area contributed by atoms with Gasteiger partial charge in [0.15, 0.2) is 5.78 Å². The topological polar surface area (TPSA) is 70.7 Å². The number of Topliss-reactive ketones (excluding diaryl/α,β-unsaturated/α-hetero) is 1. The largest absolute Gasteiger partial charge is 0.312 e. The van der Waals surface area contributed by atoms with Crippen molar-refractivity contribution in [2.45, 2.75) is 97.2 Å². The van der Waals surface area contributed by atoms with Crippen molar-refractivity contribution in [1.29, 1.82) is 5.26 Å². The Balaban J connectivity index is 1.26. The van der Waals surface area contributed by atoms with Crippen LogP contribution in [0.4, 0.5) is 0 Å². The zero-order valence-electron chi connectivity index (χ0n) is 20.1. The van der Waals surface area contributed by atoms with Crippen LogP contribution in [0.1, 0.15) is 84.1 Å². The van der Waals surface area contributed by atoms with Gasteiger partial charge < -0.3 is 5.32 Å². The Kier molecular flexibility index (Phi) is 5.95. The Labute approximate surface area is 193 Å². The molecule has 5 heteroatoms. The lowest BCUT2D eigenvalue weighted by molar-refractivity contribution is -0.131. The van der Waals surface area contributed by atoms with Crippen LogP contribution >= 0.6 is 0 Å². The average Bonchev–Trinajstić information content (AvgIpc) is 3.36. The molecule has 8 atom stereocenters. The number of nitrogens with zero attached hydrogens (tertiary/aromatic N) is 3. The van der Waals surface area contributed by atoms with Crippen molar-refractivity contribution in [3.05, 3.63) is 18.0 Å². The molecule has 1 heterocycles. The molecule has 2 unspecified atom stereocenters. The van der Waals surface area contributed by atoms with Gasteiger partial charge in [-0.1, -0.05) is 20.8 Å². The van der Waals surface area contributed by atoms with Crippen LogP contribution in [-0.2, 0) is 11.3 Å². The number of hydrogen-bond acceptors (Lipinski definition) is 4. The summed E-state index contributed by atoms with van der Waals surface area (Å²) >= 11 is 0. The molecule has 5 nitrogen and oxygen atoms in total. The molecule has 0 amide bonds. The van der Waals surface area contributed by atoms with Gasteiger partial charge in [0.2, 0.25) is 0 Å². The normalized spacial score (nSPS) is 40.9. The van der Waals surface area contributed by atoms with E-state index in [0.29, 0.717) is 23.9 Å². The van der Waals surface area contributed by atoms with Crippen molar-refractivity contribution < 1.29 is 4.79 Å². The molecule has 0 radical (unpaired) electrons. The van der Waals surface area contributed by atoms with E-state index in [2.05, 4.69) is 37.3 Å². The first-order valence-corrected chi connectivity index (χ1v) is 13.1. The summed E-state index contributed by atoms with van der Waals surface area (Å²) in [6.45, 7) is 7.30. The second kappa shape index (κ2) is 8.60. The summed E-state index contributed by atoms with van der Waals surface area (Å²) in [6.07, 6.45) is 15.0. The van der Waals surface area contributed by atoms with Gasteiger partial charge >= 0.3 is 0 Å². The highest BCUT2D eigenvalue weighted by Gasteiger charge is 2.58. The average molecular weight is 437 g/mol. The van der Waals surface area contributed by atoms with Gasteiger partial charge in [-0.25, -0.2) is 0 Å². The molecule has 1 N–H and O–H groups in total. The Morgan fingerprint density at radius 2 is 2.00 bits per heavy atom. The number of nitrogens with one attached hydrogen (secondary N) is 1. The summed E-state index contributed by atoms with van der Waals surface area (Å²) in [5.74, 6) is 4.77. The highest BCUT2D eigenvalue weighted by molar-refractivity contribution is 5.82. The van der Waals surface area contributed by atoms with E-state index in [9.17, 15) is 4.79 Å². The summed E-state index contributed by atoms with van der Waals surface area (Å²) in [5, 5.41) is 17.1. The first-order chi connectivity index (χ1) is 15.4. The lowest BCUT2D eigenvalue weighted by atomic mass is 9.49. The van der Waals surface area contributed by atoms with E-state index in [1.54, 1.807) is 17.1 Å². The Morgan fingerprint density at radius 1 is 1.19 bits per heavy atom. The van der Waals surface area contributed by atoms with Gasteiger partial charge in [0, 0.05) is 24.2 Å². The van der Waals surface area contributed by atoms with Crippen LogP contribution in [0, 0.1) is 52.3 Å². The zero-order chi connectivity index (χ0) is 22.5. The molecule has 1 aromatic heterocycles. The van der Waals surface area contributed by atoms with E-state index in [1.807, 2.05) is 0 Å². The molecule has 0 aliphatic heterocycles. The van der Waals surface area contributed by atoms with Crippen LogP contribution in [0.3, 0.4) is 0 Å². The third-order valence-corrected chi connectivity index (χ3v) is 9.99. The van der Waals surface area contributed by atoms with Crippen LogP contribution in [-0.4, -0.2) is 27.6 Å². The standard InChI is InChI=1S/C27H40N4O/c1-17(2)30-20-5-7-21-19(12-20)4-6-23-22(21)10-11-27(3)24(23)8-9-25(27)26(32)16-31-15-18(13-28)14-29-31/h14-15,17,19-25,30H,4-12,16H2,1-3H3/t19-,20+,21+,22+,23?,24?,25-,27+/m1/s1. The summed E-state index contributed by atoms with van der Waals surface area (Å²) in [4.78, 5) is 13.3. The second-order valence-corrected chi connectivity index (χ2v) is 11.9. The maximum Gasteiger partial charge on any atom is 0.157 e. The third-order valence-electron chi connectivity index (χ3n) is 9.99. The molecule has 32 heavy (non-hydrogen) atoms. The molecule has 4 fully saturated rings. The molecule has 4 aliphatic rings. The van der Waals surface area contributed by atoms with Gasteiger partial charge in [-0.3, -0.25) is 9.48 Å². The van der Waals surface area contributed by atoms with Crippen LogP contribution < -0.4 is 5.32 Å². The number of ketones is 1. The molecule has 0 aromatic carbocycles. The van der Waals surface area contributed by atoms with Crippen molar-refractivity contribution >= 4 is 5.78 Å². The molecule has 4 aliphatic carbocycles. The first kappa shape index (κ1) is 22.1. The molecule has 4 saturated carbocycles. The first-order valence-electron chi connectivity index (χ1n) is 13.1. The summed E-state index contributed by atoms with van der Waals surface area (Å²) in [6, 6.07) is 3.42. The lowest BCUT2D eigenvalue weighted by Gasteiger charge is -2.56. The SMILES string of the molecule is CC(C)N[C@H]1CC[C@H]2[C@H](CCC3C4CC[C@H](C(=O)Cn5cc(C#N)cn5)[C@@]4(C)CC[C@H]32)C1. The van der Waals surface area contributed by atoms with Crippen molar-refractivity contribution in [1.82, 2.24) is 15.1 Å². The number of rotatable bonds is 5. The number of nitriles is 1. The van der Waals surface area contributed by atoms with Crippen molar-refractivity contribution in [3.63, 3.8) is 0 Å². The number of carbonyl (C=O) groups excluding carboxylic acids is 1. The molecule has 0 saturated heterocycles. The molecular formula is C27H40N4O. The highest BCUT2D eigenvalue weighted by atomic mass is 16.1. The Bertz CT molecular complexity index is 884. The lowest BCUT2D eigenvalue weighted by Crippen LogP contribution is -2.51. The fraction of sp³-hybridized carbons (Fsp3) is 0.815. The van der Waals surface area contributed by atoms with Gasteiger partial charge in [0.1, 0.15) is 6.07 Å². The molecular weight excluding hydrogens is 396 g/mol. The minimum Gasteiger partial charge on any atom is -0.312 e. The highest BCUT2D eigenvalue weighted by Crippen LogP contribution is 2.64. The fourth-order valence-corrected chi connectivity index (χ4v) is 8.78. The van der Waals surface area contributed by atoms with Gasteiger partial charge in [0.25, 0.3) is 0 Å². The minimum absolute atomic E-state index is 0.159. The third kappa shape index (κ3) is 3.83. The molecule has 0 spiro atoms. The maximum absolute atomic E-state index is 13.3. The van der Waals surface area contributed by atoms with E-state index in [1.165, 1.54) is 51.4 Å². The fourth-order valence-electron chi connectivity index (χ4n) is 8.78. The minimum atomic E-state index is 0.159. The van der Waals surface area contributed by atoms with E-state index in [4.69, 9.17) is 5.26 Å². The van der Waals surface area contributed by atoms with E-state index >= 15 is 0 Å². The molecule has 5 rings (SSSR count). The number of carbonyl (C=O) groups is 1. The smallest absolute Gasteiger partial charge is 0.157 e. The number of hydrogen-bond donors (Lipinski definition) is 1. The number of fused-ring (bicyclic) bond motifs is 5. The van der Waals surface area contributed by atoms with Crippen molar-refractivity contribution in [2.75, 3.05) is 0 Å². The summed E-state index contributed by atoms with van der Waals surface area (Å²) in [7, 11) is 0. The van der Waals surface area contributed by atoms with Crippen LogP contribution in [0.15, 0.2) is 12.4 Å². The molecule has 174 valence electrons. The zero-order valence-corrected chi connectivity index (χ0v) is 20.1. The molecule has 0 bridgehead atoms. The van der Waals surface area contributed by atoms with Crippen molar-refractivity contribution in [3.8, 4) is 6.07 Å². The summed E-state index contributed by atoms with van der Waals surface area (Å²) in [5.41, 5.74) is 0.691. The predicted molar refractivity (Wildman–Crippen MR) is 125 cm³/mol. The van der Waals surface area contributed by atoms with Crippen molar-refractivity contribution in [2.24, 2.45) is 40.9 Å². The van der Waals surface area contributed by atoms with E-state index < -0.39 is 0 Å². The van der Waals surface area contributed by atoms with Gasteiger partial charge in [-0.2, -0.15) is 10.4 Å². The van der Waals surface area contributed by atoms with Gasteiger partial charge in [-0.15, -0.1) is 0 Å². The monoisotopic (exact) mass is 436 g/mol. The number of aromatic nitrogens is 2. The Hall–Kier alpha value is -1.67. The van der Waals surface area contributed by atoms with E-state index in [0.717, 1.165) is 42.1 Å². The van der Waals surface area contributed by atoms with Crippen LogP contribution in [0.2, 0.25) is 0 Å². The van der Waals surface area contributed by atoms with Crippen LogP contribution in [0.25, 0.3) is 0 Å². The molecule has 1 aromatic rings. The van der Waals surface area contributed by atoms with Gasteiger partial charge in [0.05, 0.1) is 18.3 Å². The predicted octanol–water partition coefficient (Wildman–Crippen LogP) is 4.96. The van der Waals surface area contributed by atoms with E-state index in [-0.39, 0.29) is 11.3 Å². The summed E-state index contributed by atoms with van der Waals surface area (Å²) < 4.78 is 1.66. The van der Waals surface area contributed by atoms with Crippen LogP contribution in [0.5, 0.6) is 0 Å². The second-order valence-electron chi connectivity index (χ2n) is 11.9. The maximum atomic E-state index is 13.3. The Morgan fingerprint density at radius 3 is 2.75 bits per heavy atom. The quantitative estimate of drug-likeness (QED) is 0.708. The van der Waals surface area contributed by atoms with Gasteiger partial charge in [-0.05, 0) is 92.8 Å².